The van der Waals surface area contributed by atoms with Gasteiger partial charge in [-0.05, 0) is 13.0 Å². The van der Waals surface area contributed by atoms with Gasteiger partial charge in [-0.1, -0.05) is 11.6 Å². The molecule has 0 unspecified atom stereocenters. The third-order valence-electron chi connectivity index (χ3n) is 1.26. The molecule has 0 aromatic carbocycles. The molecule has 0 atom stereocenters. The third-order valence-corrected chi connectivity index (χ3v) is 1.45. The molecule has 0 fully saturated rings. The fraction of sp³-hybridized carbons (Fsp3) is 0.286. The lowest BCUT2D eigenvalue weighted by Gasteiger charge is -2.02. The quantitative estimate of drug-likeness (QED) is 0.675. The molecule has 0 aliphatic carbocycles. The van der Waals surface area contributed by atoms with E-state index in [4.69, 9.17) is 17.3 Å². The minimum absolute atomic E-state index is 0.102. The third kappa shape index (κ3) is 2.96. The molecule has 1 amide bonds. The summed E-state index contributed by atoms with van der Waals surface area (Å²) in [7, 11) is 0. The Morgan fingerprint density at radius 3 is 2.92 bits per heavy atom. The van der Waals surface area contributed by atoms with E-state index in [0.717, 1.165) is 0 Å². The minimum atomic E-state index is -0.346. The Balaban J connectivity index is 2.83. The Bertz CT molecular complexity index is 308. The van der Waals surface area contributed by atoms with Crippen LogP contribution in [0.2, 0.25) is 5.15 Å². The normalized spacial score (nSPS) is 9.77. The molecule has 0 aliphatic heterocycles. The van der Waals surface area contributed by atoms with Crippen molar-refractivity contribution in [2.45, 2.75) is 6.92 Å². The van der Waals surface area contributed by atoms with Crippen LogP contribution in [0.1, 0.15) is 5.69 Å². The Morgan fingerprint density at radius 2 is 2.38 bits per heavy atom. The van der Waals surface area contributed by atoms with Crippen LogP contribution in [-0.2, 0) is 4.79 Å². The van der Waals surface area contributed by atoms with E-state index in [9.17, 15) is 4.79 Å². The summed E-state index contributed by atoms with van der Waals surface area (Å²) < 4.78 is 0. The lowest BCUT2D eigenvalue weighted by Crippen LogP contribution is -2.23. The van der Waals surface area contributed by atoms with Gasteiger partial charge in [0.2, 0.25) is 11.9 Å². The van der Waals surface area contributed by atoms with E-state index in [0.29, 0.717) is 10.8 Å². The SMILES string of the molecule is Cc1cc(Cl)nc(NC(=O)CN)n1. The van der Waals surface area contributed by atoms with Crippen molar-refractivity contribution in [3.8, 4) is 0 Å². The van der Waals surface area contributed by atoms with Gasteiger partial charge < -0.3 is 5.73 Å². The topological polar surface area (TPSA) is 80.9 Å². The van der Waals surface area contributed by atoms with E-state index in [1.54, 1.807) is 13.0 Å². The molecule has 0 aliphatic rings. The van der Waals surface area contributed by atoms with Gasteiger partial charge in [0.25, 0.3) is 0 Å². The molecule has 0 spiro atoms. The van der Waals surface area contributed by atoms with Gasteiger partial charge in [-0.15, -0.1) is 0 Å². The smallest absolute Gasteiger partial charge is 0.240 e. The summed E-state index contributed by atoms with van der Waals surface area (Å²) in [4.78, 5) is 18.6. The maximum absolute atomic E-state index is 10.8. The number of hydrogen-bond acceptors (Lipinski definition) is 4. The number of hydrogen-bond donors (Lipinski definition) is 2. The highest BCUT2D eigenvalue weighted by Gasteiger charge is 2.03. The highest BCUT2D eigenvalue weighted by atomic mass is 35.5. The number of nitrogens with one attached hydrogen (secondary N) is 1. The van der Waals surface area contributed by atoms with Crippen molar-refractivity contribution in [2.24, 2.45) is 5.73 Å². The van der Waals surface area contributed by atoms with Crippen LogP contribution >= 0.6 is 11.6 Å². The molecular formula is C7H9ClN4O. The van der Waals surface area contributed by atoms with Crippen LogP contribution in [0.5, 0.6) is 0 Å². The number of anilines is 1. The van der Waals surface area contributed by atoms with Crippen molar-refractivity contribution in [2.75, 3.05) is 11.9 Å². The van der Waals surface area contributed by atoms with Crippen LogP contribution in [0.4, 0.5) is 5.95 Å². The van der Waals surface area contributed by atoms with Gasteiger partial charge in [-0.3, -0.25) is 10.1 Å². The summed E-state index contributed by atoms with van der Waals surface area (Å²) in [6.45, 7) is 1.65. The molecule has 0 saturated carbocycles. The average molecular weight is 201 g/mol. The van der Waals surface area contributed by atoms with Crippen molar-refractivity contribution >= 4 is 23.5 Å². The molecule has 13 heavy (non-hydrogen) atoms. The zero-order valence-corrected chi connectivity index (χ0v) is 7.80. The molecule has 5 nitrogen and oxygen atoms in total. The van der Waals surface area contributed by atoms with Crippen molar-refractivity contribution in [3.63, 3.8) is 0 Å². The summed E-state index contributed by atoms with van der Waals surface area (Å²) in [5, 5.41) is 2.69. The van der Waals surface area contributed by atoms with E-state index in [-0.39, 0.29) is 18.4 Å². The van der Waals surface area contributed by atoms with Crippen LogP contribution < -0.4 is 11.1 Å². The first kappa shape index (κ1) is 9.88. The lowest BCUT2D eigenvalue weighted by molar-refractivity contribution is -0.114. The summed E-state index contributed by atoms with van der Waals surface area (Å²) >= 11 is 5.64. The number of halogens is 1. The fourth-order valence-electron chi connectivity index (χ4n) is 0.762. The van der Waals surface area contributed by atoms with Gasteiger partial charge in [-0.2, -0.15) is 0 Å². The number of carbonyl (C=O) groups is 1. The van der Waals surface area contributed by atoms with Gasteiger partial charge >= 0.3 is 0 Å². The number of amides is 1. The summed E-state index contributed by atoms with van der Waals surface area (Å²) in [5.74, 6) is -0.165. The van der Waals surface area contributed by atoms with Crippen molar-refractivity contribution in [3.05, 3.63) is 16.9 Å². The zero-order valence-electron chi connectivity index (χ0n) is 7.04. The second-order valence-corrected chi connectivity index (χ2v) is 2.80. The van der Waals surface area contributed by atoms with E-state index in [1.165, 1.54) is 0 Å². The summed E-state index contributed by atoms with van der Waals surface area (Å²) in [6.07, 6.45) is 0. The van der Waals surface area contributed by atoms with Crippen LogP contribution in [0.25, 0.3) is 0 Å². The van der Waals surface area contributed by atoms with Crippen molar-refractivity contribution in [1.82, 2.24) is 9.97 Å². The monoisotopic (exact) mass is 200 g/mol. The standard InChI is InChI=1S/C7H9ClN4O/c1-4-2-5(8)11-7(10-4)12-6(13)3-9/h2H,3,9H2,1H3,(H,10,11,12,13). The molecule has 1 aromatic heterocycles. The van der Waals surface area contributed by atoms with Gasteiger partial charge in [-0.25, -0.2) is 9.97 Å². The maximum atomic E-state index is 10.8. The second-order valence-electron chi connectivity index (χ2n) is 2.41. The zero-order chi connectivity index (χ0) is 9.84. The number of nitrogens with zero attached hydrogens (tertiary/aromatic N) is 2. The molecule has 1 aromatic rings. The highest BCUT2D eigenvalue weighted by Crippen LogP contribution is 2.08. The average Bonchev–Trinajstić information content (AvgIpc) is 2.02. The predicted octanol–water partition coefficient (Wildman–Crippen LogP) is 0.336. The molecule has 0 saturated heterocycles. The molecule has 3 N–H and O–H groups in total. The highest BCUT2D eigenvalue weighted by molar-refractivity contribution is 6.29. The fourth-order valence-corrected chi connectivity index (χ4v) is 1.000. The molecular weight excluding hydrogens is 192 g/mol. The molecule has 0 radical (unpaired) electrons. The second kappa shape index (κ2) is 4.15. The Morgan fingerprint density at radius 1 is 1.69 bits per heavy atom. The summed E-state index contributed by atoms with van der Waals surface area (Å²) in [6, 6.07) is 1.60. The predicted molar refractivity (Wildman–Crippen MR) is 49.5 cm³/mol. The van der Waals surface area contributed by atoms with Crippen LogP contribution in [0.15, 0.2) is 6.07 Å². The number of aromatic nitrogens is 2. The summed E-state index contributed by atoms with van der Waals surface area (Å²) in [5.41, 5.74) is 5.78. The number of rotatable bonds is 2. The van der Waals surface area contributed by atoms with E-state index in [1.807, 2.05) is 0 Å². The van der Waals surface area contributed by atoms with Gasteiger partial charge in [0.1, 0.15) is 5.15 Å². The molecule has 0 bridgehead atoms. The molecule has 6 heteroatoms. The molecule has 1 rings (SSSR count). The number of carbonyl (C=O) groups excluding carboxylic acids is 1. The van der Waals surface area contributed by atoms with E-state index in [2.05, 4.69) is 15.3 Å². The first-order valence-corrected chi connectivity index (χ1v) is 4.00. The Hall–Kier alpha value is -1.20. The lowest BCUT2D eigenvalue weighted by atomic mass is 10.4. The first-order chi connectivity index (χ1) is 6.11. The van der Waals surface area contributed by atoms with Gasteiger partial charge in [0.15, 0.2) is 0 Å². The van der Waals surface area contributed by atoms with Crippen molar-refractivity contribution < 1.29 is 4.79 Å². The van der Waals surface area contributed by atoms with E-state index >= 15 is 0 Å². The van der Waals surface area contributed by atoms with Crippen molar-refractivity contribution in [1.29, 1.82) is 0 Å². The Kier molecular flexibility index (Phi) is 3.16. The van der Waals surface area contributed by atoms with E-state index < -0.39 is 0 Å². The van der Waals surface area contributed by atoms with Gasteiger partial charge in [0.05, 0.1) is 6.54 Å². The maximum Gasteiger partial charge on any atom is 0.240 e. The largest absolute Gasteiger partial charge is 0.322 e. The molecule has 1 heterocycles. The number of nitrogens with two attached hydrogens (primary N) is 1. The van der Waals surface area contributed by atoms with Gasteiger partial charge in [0, 0.05) is 5.69 Å². The van der Waals surface area contributed by atoms with Crippen LogP contribution in [0, 0.1) is 6.92 Å². The van der Waals surface area contributed by atoms with Crippen LogP contribution in [0.3, 0.4) is 0 Å². The first-order valence-electron chi connectivity index (χ1n) is 3.63. The van der Waals surface area contributed by atoms with Crippen LogP contribution in [-0.4, -0.2) is 22.4 Å². The minimum Gasteiger partial charge on any atom is -0.322 e. The number of aryl methyl sites for hydroxylation is 1. The Labute approximate surface area is 80.3 Å². The molecule has 70 valence electrons.